The van der Waals surface area contributed by atoms with Crippen LogP contribution < -0.4 is 4.74 Å². The molecule has 0 saturated heterocycles. The molecule has 1 atom stereocenters. The molecule has 1 unspecified atom stereocenters. The summed E-state index contributed by atoms with van der Waals surface area (Å²) in [5, 5.41) is 9.04. The molecule has 0 aliphatic heterocycles. The molecule has 0 bridgehead atoms. The summed E-state index contributed by atoms with van der Waals surface area (Å²) in [7, 11) is 0. The van der Waals surface area contributed by atoms with Crippen LogP contribution in [0.4, 0.5) is 0 Å². The van der Waals surface area contributed by atoms with E-state index in [9.17, 15) is 4.79 Å². The first-order valence-electron chi connectivity index (χ1n) is 4.75. The van der Waals surface area contributed by atoms with Gasteiger partial charge in [-0.1, -0.05) is 0 Å². The molecule has 82 valence electrons. The first kappa shape index (κ1) is 11.4. The fourth-order valence-electron chi connectivity index (χ4n) is 1.04. The number of phenolic OH excluding ortho intramolecular Hbond substituents is 1. The maximum atomic E-state index is 11.2. The molecule has 0 saturated carbocycles. The van der Waals surface area contributed by atoms with E-state index in [4.69, 9.17) is 14.6 Å². The Hall–Kier alpha value is -1.71. The van der Waals surface area contributed by atoms with Crippen LogP contribution in [-0.2, 0) is 9.53 Å². The van der Waals surface area contributed by atoms with Crippen molar-refractivity contribution in [2.24, 2.45) is 0 Å². The van der Waals surface area contributed by atoms with E-state index in [-0.39, 0.29) is 5.75 Å². The van der Waals surface area contributed by atoms with Gasteiger partial charge in [-0.25, -0.2) is 4.79 Å². The van der Waals surface area contributed by atoms with Crippen LogP contribution in [-0.4, -0.2) is 23.8 Å². The van der Waals surface area contributed by atoms with Crippen molar-refractivity contribution in [3.63, 3.8) is 0 Å². The Balaban J connectivity index is 2.54. The van der Waals surface area contributed by atoms with Crippen molar-refractivity contribution in [2.75, 3.05) is 6.61 Å². The maximum Gasteiger partial charge on any atom is 0.347 e. The van der Waals surface area contributed by atoms with Gasteiger partial charge in [0, 0.05) is 0 Å². The van der Waals surface area contributed by atoms with Crippen LogP contribution in [0.2, 0.25) is 0 Å². The van der Waals surface area contributed by atoms with Gasteiger partial charge in [0.2, 0.25) is 0 Å². The molecule has 0 aliphatic rings. The first-order chi connectivity index (χ1) is 7.13. The predicted octanol–water partition coefficient (Wildman–Crippen LogP) is 1.72. The highest BCUT2D eigenvalue weighted by molar-refractivity contribution is 5.74. The normalized spacial score (nSPS) is 11.9. The van der Waals surface area contributed by atoms with Crippen molar-refractivity contribution >= 4 is 5.97 Å². The van der Waals surface area contributed by atoms with E-state index in [1.165, 1.54) is 12.1 Å². The Bertz CT molecular complexity index is 318. The van der Waals surface area contributed by atoms with E-state index >= 15 is 0 Å². The minimum Gasteiger partial charge on any atom is -0.508 e. The fourth-order valence-corrected chi connectivity index (χ4v) is 1.04. The molecule has 0 radical (unpaired) electrons. The zero-order valence-electron chi connectivity index (χ0n) is 8.77. The molecule has 0 aliphatic carbocycles. The summed E-state index contributed by atoms with van der Waals surface area (Å²) in [6, 6.07) is 6.16. The highest BCUT2D eigenvalue weighted by Crippen LogP contribution is 2.17. The molecule has 0 spiro atoms. The Morgan fingerprint density at radius 2 is 2.00 bits per heavy atom. The maximum absolute atomic E-state index is 11.2. The average molecular weight is 210 g/mol. The molecule has 1 aromatic carbocycles. The van der Waals surface area contributed by atoms with Crippen LogP contribution in [0.5, 0.6) is 11.5 Å². The van der Waals surface area contributed by atoms with E-state index in [0.29, 0.717) is 12.4 Å². The fraction of sp³-hybridized carbons (Fsp3) is 0.364. The summed E-state index contributed by atoms with van der Waals surface area (Å²) >= 11 is 0. The SMILES string of the molecule is CCOC(=O)C(C)Oc1ccc(O)cc1. The number of aromatic hydroxyl groups is 1. The van der Waals surface area contributed by atoms with Crippen LogP contribution in [0.15, 0.2) is 24.3 Å². The zero-order chi connectivity index (χ0) is 11.3. The van der Waals surface area contributed by atoms with Crippen molar-refractivity contribution in [1.29, 1.82) is 0 Å². The highest BCUT2D eigenvalue weighted by Gasteiger charge is 2.15. The predicted molar refractivity (Wildman–Crippen MR) is 54.8 cm³/mol. The van der Waals surface area contributed by atoms with E-state index < -0.39 is 12.1 Å². The lowest BCUT2D eigenvalue weighted by molar-refractivity contribution is -0.150. The number of rotatable bonds is 4. The van der Waals surface area contributed by atoms with Gasteiger partial charge >= 0.3 is 5.97 Å². The molecule has 1 N–H and O–H groups in total. The smallest absolute Gasteiger partial charge is 0.347 e. The van der Waals surface area contributed by atoms with Crippen molar-refractivity contribution in [3.8, 4) is 11.5 Å². The molecule has 0 aromatic heterocycles. The number of hydrogen-bond donors (Lipinski definition) is 1. The molecular formula is C11H14O4. The molecule has 0 fully saturated rings. The summed E-state index contributed by atoms with van der Waals surface area (Å²) in [5.41, 5.74) is 0. The number of benzene rings is 1. The third-order valence-corrected chi connectivity index (χ3v) is 1.77. The van der Waals surface area contributed by atoms with E-state index in [0.717, 1.165) is 0 Å². The van der Waals surface area contributed by atoms with Crippen LogP contribution in [0.3, 0.4) is 0 Å². The molecule has 4 heteroatoms. The summed E-state index contributed by atoms with van der Waals surface area (Å²) in [5.74, 6) is 0.282. The van der Waals surface area contributed by atoms with Gasteiger partial charge in [-0.15, -0.1) is 0 Å². The number of ether oxygens (including phenoxy) is 2. The molecule has 1 aromatic rings. The summed E-state index contributed by atoms with van der Waals surface area (Å²) in [6.45, 7) is 3.69. The van der Waals surface area contributed by atoms with Gasteiger partial charge in [0.15, 0.2) is 6.10 Å². The Labute approximate surface area is 88.4 Å². The van der Waals surface area contributed by atoms with Gasteiger partial charge in [0.05, 0.1) is 6.61 Å². The number of esters is 1. The van der Waals surface area contributed by atoms with Crippen LogP contribution in [0, 0.1) is 0 Å². The first-order valence-corrected chi connectivity index (χ1v) is 4.75. The second-order valence-corrected chi connectivity index (χ2v) is 3.01. The van der Waals surface area contributed by atoms with Gasteiger partial charge in [0.25, 0.3) is 0 Å². The van der Waals surface area contributed by atoms with Crippen LogP contribution in [0.1, 0.15) is 13.8 Å². The molecule has 1 rings (SSSR count). The Kier molecular flexibility index (Phi) is 3.97. The van der Waals surface area contributed by atoms with E-state index in [1.807, 2.05) is 0 Å². The summed E-state index contributed by atoms with van der Waals surface area (Å²) in [4.78, 5) is 11.2. The quantitative estimate of drug-likeness (QED) is 0.769. The molecule has 0 amide bonds. The third kappa shape index (κ3) is 3.50. The van der Waals surface area contributed by atoms with Gasteiger partial charge in [0.1, 0.15) is 11.5 Å². The van der Waals surface area contributed by atoms with E-state index in [2.05, 4.69) is 0 Å². The second-order valence-electron chi connectivity index (χ2n) is 3.01. The summed E-state index contributed by atoms with van der Waals surface area (Å²) < 4.78 is 10.1. The second kappa shape index (κ2) is 5.24. The third-order valence-electron chi connectivity index (χ3n) is 1.77. The molecule has 15 heavy (non-hydrogen) atoms. The van der Waals surface area contributed by atoms with Gasteiger partial charge in [-0.05, 0) is 38.1 Å². The lowest BCUT2D eigenvalue weighted by Gasteiger charge is -2.12. The minimum atomic E-state index is -0.644. The Morgan fingerprint density at radius 3 is 2.53 bits per heavy atom. The number of carbonyl (C=O) groups excluding carboxylic acids is 1. The van der Waals surface area contributed by atoms with Crippen LogP contribution in [0.25, 0.3) is 0 Å². The van der Waals surface area contributed by atoms with Crippen molar-refractivity contribution in [1.82, 2.24) is 0 Å². The minimum absolute atomic E-state index is 0.158. The van der Waals surface area contributed by atoms with Gasteiger partial charge < -0.3 is 14.6 Å². The van der Waals surface area contributed by atoms with Crippen molar-refractivity contribution in [3.05, 3.63) is 24.3 Å². The van der Waals surface area contributed by atoms with Crippen molar-refractivity contribution in [2.45, 2.75) is 20.0 Å². The lowest BCUT2D eigenvalue weighted by atomic mass is 10.3. The largest absolute Gasteiger partial charge is 0.508 e. The standard InChI is InChI=1S/C11H14O4/c1-3-14-11(13)8(2)15-10-6-4-9(12)5-7-10/h4-8,12H,3H2,1-2H3. The highest BCUT2D eigenvalue weighted by atomic mass is 16.6. The number of carbonyl (C=O) groups is 1. The molecule has 4 nitrogen and oxygen atoms in total. The van der Waals surface area contributed by atoms with Crippen molar-refractivity contribution < 1.29 is 19.4 Å². The zero-order valence-corrected chi connectivity index (χ0v) is 8.77. The van der Waals surface area contributed by atoms with Gasteiger partial charge in [-0.2, -0.15) is 0 Å². The average Bonchev–Trinajstić information content (AvgIpc) is 2.22. The topological polar surface area (TPSA) is 55.8 Å². The lowest BCUT2D eigenvalue weighted by Crippen LogP contribution is -2.25. The molecule has 0 heterocycles. The monoisotopic (exact) mass is 210 g/mol. The Morgan fingerprint density at radius 1 is 1.40 bits per heavy atom. The summed E-state index contributed by atoms with van der Waals surface area (Å²) in [6.07, 6.45) is -0.644. The van der Waals surface area contributed by atoms with E-state index in [1.54, 1.807) is 26.0 Å². The van der Waals surface area contributed by atoms with Gasteiger partial charge in [-0.3, -0.25) is 0 Å². The number of hydrogen-bond acceptors (Lipinski definition) is 4. The molecular weight excluding hydrogens is 196 g/mol. The number of phenols is 1. The van der Waals surface area contributed by atoms with Crippen LogP contribution >= 0.6 is 0 Å².